The Morgan fingerprint density at radius 3 is 2.70 bits per heavy atom. The van der Waals surface area contributed by atoms with Crippen LogP contribution < -0.4 is 9.47 Å². The third-order valence-corrected chi connectivity index (χ3v) is 5.34. The zero-order valence-corrected chi connectivity index (χ0v) is 17.9. The molecule has 0 amide bonds. The maximum Gasteiger partial charge on any atom is 0.182 e. The van der Waals surface area contributed by atoms with E-state index in [0.29, 0.717) is 18.1 Å². The molecule has 0 radical (unpaired) electrons. The van der Waals surface area contributed by atoms with Gasteiger partial charge in [0.05, 0.1) is 18.7 Å². The molecule has 2 aromatic carbocycles. The van der Waals surface area contributed by atoms with Crippen LogP contribution in [-0.4, -0.2) is 36.5 Å². The number of nitrogens with zero attached hydrogens (tertiary/aromatic N) is 6. The van der Waals surface area contributed by atoms with E-state index in [-0.39, 0.29) is 0 Å². The monoisotopic (exact) mass is 464 g/mol. The van der Waals surface area contributed by atoms with Gasteiger partial charge in [-0.2, -0.15) is 5.10 Å². The first kappa shape index (κ1) is 18.6. The van der Waals surface area contributed by atoms with Crippen LogP contribution >= 0.6 is 15.9 Å². The number of fused-ring (bicyclic) bond motifs is 3. The highest BCUT2D eigenvalue weighted by atomic mass is 79.9. The Bertz CT molecular complexity index is 1360. The van der Waals surface area contributed by atoms with Crippen molar-refractivity contribution < 1.29 is 9.47 Å². The van der Waals surface area contributed by atoms with Gasteiger partial charge in [-0.25, -0.2) is 14.5 Å². The van der Waals surface area contributed by atoms with E-state index in [1.165, 1.54) is 0 Å². The lowest BCUT2D eigenvalue weighted by Crippen LogP contribution is -1.99. The van der Waals surface area contributed by atoms with Crippen LogP contribution in [0.2, 0.25) is 0 Å². The van der Waals surface area contributed by atoms with E-state index in [2.05, 4.69) is 31.1 Å². The van der Waals surface area contributed by atoms with Crippen LogP contribution in [0.1, 0.15) is 5.56 Å². The topological polar surface area (TPSA) is 79.4 Å². The van der Waals surface area contributed by atoms with Gasteiger partial charge in [-0.15, -0.1) is 5.10 Å². The molecule has 5 aromatic rings. The van der Waals surface area contributed by atoms with Gasteiger partial charge in [-0.1, -0.05) is 15.9 Å². The molecule has 0 aliphatic rings. The molecule has 0 fully saturated rings. The largest absolute Gasteiger partial charge is 0.496 e. The molecule has 9 heteroatoms. The molecule has 0 unspecified atom stereocenters. The van der Waals surface area contributed by atoms with Crippen molar-refractivity contribution in [3.8, 4) is 22.9 Å². The molecule has 0 N–H and O–H groups in total. The summed E-state index contributed by atoms with van der Waals surface area (Å²) in [5.74, 6) is 2.12. The van der Waals surface area contributed by atoms with E-state index in [9.17, 15) is 0 Å². The van der Waals surface area contributed by atoms with Crippen molar-refractivity contribution in [1.29, 1.82) is 0 Å². The highest BCUT2D eigenvalue weighted by Gasteiger charge is 2.14. The van der Waals surface area contributed by atoms with E-state index in [1.807, 2.05) is 49.5 Å². The molecule has 0 bridgehead atoms. The third kappa shape index (κ3) is 3.26. The summed E-state index contributed by atoms with van der Waals surface area (Å²) in [5, 5.41) is 9.70. The fourth-order valence-electron chi connectivity index (χ4n) is 3.28. The first-order valence-corrected chi connectivity index (χ1v) is 10.0. The van der Waals surface area contributed by atoms with Gasteiger partial charge in [0.25, 0.3) is 0 Å². The molecule has 0 saturated heterocycles. The minimum Gasteiger partial charge on any atom is -0.496 e. The van der Waals surface area contributed by atoms with Gasteiger partial charge in [0.15, 0.2) is 17.1 Å². The predicted molar refractivity (Wildman–Crippen MR) is 116 cm³/mol. The summed E-state index contributed by atoms with van der Waals surface area (Å²) in [7, 11) is 3.50. The highest BCUT2D eigenvalue weighted by molar-refractivity contribution is 9.10. The quantitative estimate of drug-likeness (QED) is 0.390. The van der Waals surface area contributed by atoms with E-state index in [0.717, 1.165) is 38.1 Å². The zero-order valence-electron chi connectivity index (χ0n) is 16.3. The van der Waals surface area contributed by atoms with Crippen molar-refractivity contribution in [2.75, 3.05) is 7.11 Å². The lowest BCUT2D eigenvalue weighted by atomic mass is 10.1. The average Bonchev–Trinajstić information content (AvgIpc) is 3.37. The summed E-state index contributed by atoms with van der Waals surface area (Å²) in [5.41, 5.74) is 3.25. The SMILES string of the molecule is COc1ccc(-c2nc3c4cnn(C)c4ncn3n2)cc1COc1ccc(Br)cc1. The van der Waals surface area contributed by atoms with Gasteiger partial charge in [-0.3, -0.25) is 4.68 Å². The number of aryl methyl sites for hydroxylation is 1. The minimum absolute atomic E-state index is 0.362. The van der Waals surface area contributed by atoms with Gasteiger partial charge in [0.2, 0.25) is 0 Å². The molecule has 8 nitrogen and oxygen atoms in total. The van der Waals surface area contributed by atoms with E-state index < -0.39 is 0 Å². The molecule has 5 rings (SSSR count). The van der Waals surface area contributed by atoms with Crippen LogP contribution in [0.25, 0.3) is 28.1 Å². The molecule has 3 aromatic heterocycles. The normalized spacial score (nSPS) is 11.3. The maximum absolute atomic E-state index is 5.93. The van der Waals surface area contributed by atoms with Crippen LogP contribution in [-0.2, 0) is 13.7 Å². The third-order valence-electron chi connectivity index (χ3n) is 4.82. The predicted octanol–water partition coefficient (Wildman–Crippen LogP) is 4.03. The number of aromatic nitrogens is 6. The number of hydrogen-bond acceptors (Lipinski definition) is 6. The van der Waals surface area contributed by atoms with Crippen LogP contribution in [0.4, 0.5) is 0 Å². The standard InChI is InChI=1S/C21H17BrN6O2/c1-27-20-17(10-24-27)21-25-19(26-28(21)12-23-20)13-3-8-18(29-2)14(9-13)11-30-16-6-4-15(22)5-7-16/h3-10,12H,11H2,1-2H3. The van der Waals surface area contributed by atoms with Crippen LogP contribution in [0, 0.1) is 0 Å². The molecule has 0 atom stereocenters. The summed E-state index contributed by atoms with van der Waals surface area (Å²) < 4.78 is 15.8. The molecule has 0 aliphatic carbocycles. The highest BCUT2D eigenvalue weighted by Crippen LogP contribution is 2.28. The number of rotatable bonds is 5. The van der Waals surface area contributed by atoms with Crippen LogP contribution in [0.15, 0.2) is 59.5 Å². The molecular formula is C21H17BrN6O2. The summed E-state index contributed by atoms with van der Waals surface area (Å²) in [6.07, 6.45) is 3.40. The van der Waals surface area contributed by atoms with E-state index in [4.69, 9.17) is 14.5 Å². The van der Waals surface area contributed by atoms with Crippen molar-refractivity contribution in [1.82, 2.24) is 29.4 Å². The Hall–Kier alpha value is -3.46. The molecule has 0 aliphatic heterocycles. The molecule has 3 heterocycles. The van der Waals surface area contributed by atoms with Gasteiger partial charge in [-0.05, 0) is 42.5 Å². The van der Waals surface area contributed by atoms with Crippen molar-refractivity contribution in [2.24, 2.45) is 7.05 Å². The van der Waals surface area contributed by atoms with Gasteiger partial charge < -0.3 is 9.47 Å². The number of methoxy groups -OCH3 is 1. The summed E-state index contributed by atoms with van der Waals surface area (Å²) in [6.45, 7) is 0.362. The summed E-state index contributed by atoms with van der Waals surface area (Å²) in [4.78, 5) is 9.13. The summed E-state index contributed by atoms with van der Waals surface area (Å²) in [6, 6.07) is 13.5. The Balaban J connectivity index is 1.50. The van der Waals surface area contributed by atoms with Gasteiger partial charge in [0.1, 0.15) is 24.4 Å². The number of halogens is 1. The van der Waals surface area contributed by atoms with E-state index in [1.54, 1.807) is 28.8 Å². The molecule has 150 valence electrons. The van der Waals surface area contributed by atoms with Crippen LogP contribution in [0.3, 0.4) is 0 Å². The first-order valence-electron chi connectivity index (χ1n) is 9.21. The molecule has 0 saturated carbocycles. The Kier molecular flexibility index (Phi) is 4.59. The fourth-order valence-corrected chi connectivity index (χ4v) is 3.55. The Labute approximate surface area is 180 Å². The van der Waals surface area contributed by atoms with Gasteiger partial charge in [0, 0.05) is 22.6 Å². The lowest BCUT2D eigenvalue weighted by molar-refractivity contribution is 0.296. The minimum atomic E-state index is 0.362. The van der Waals surface area contributed by atoms with Gasteiger partial charge >= 0.3 is 0 Å². The maximum atomic E-state index is 5.93. The second-order valence-corrected chi connectivity index (χ2v) is 7.64. The fraction of sp³-hybridized carbons (Fsp3) is 0.143. The number of benzene rings is 2. The Morgan fingerprint density at radius 1 is 1.07 bits per heavy atom. The van der Waals surface area contributed by atoms with Crippen molar-refractivity contribution in [3.05, 3.63) is 65.0 Å². The Morgan fingerprint density at radius 2 is 1.90 bits per heavy atom. The second kappa shape index (κ2) is 7.42. The first-order chi connectivity index (χ1) is 14.6. The van der Waals surface area contributed by atoms with E-state index >= 15 is 0 Å². The zero-order chi connectivity index (χ0) is 20.7. The molecule has 30 heavy (non-hydrogen) atoms. The number of hydrogen-bond donors (Lipinski definition) is 0. The molecular weight excluding hydrogens is 448 g/mol. The van der Waals surface area contributed by atoms with Crippen molar-refractivity contribution in [3.63, 3.8) is 0 Å². The van der Waals surface area contributed by atoms with Crippen LogP contribution in [0.5, 0.6) is 11.5 Å². The van der Waals surface area contributed by atoms with Crippen molar-refractivity contribution >= 4 is 32.6 Å². The smallest absolute Gasteiger partial charge is 0.182 e. The lowest BCUT2D eigenvalue weighted by Gasteiger charge is -2.11. The average molecular weight is 465 g/mol. The number of ether oxygens (including phenoxy) is 2. The van der Waals surface area contributed by atoms with Crippen molar-refractivity contribution in [2.45, 2.75) is 6.61 Å². The second-order valence-electron chi connectivity index (χ2n) is 6.72. The summed E-state index contributed by atoms with van der Waals surface area (Å²) >= 11 is 3.43. The molecule has 0 spiro atoms.